The molecule has 0 radical (unpaired) electrons. The summed E-state index contributed by atoms with van der Waals surface area (Å²) >= 11 is 0. The minimum absolute atomic E-state index is 0.0628. The largest absolute Gasteiger partial charge is 0.347 e. The number of fused-ring (bicyclic) bond motifs is 1. The van der Waals surface area contributed by atoms with E-state index in [9.17, 15) is 4.79 Å². The Balaban J connectivity index is 1.90. The van der Waals surface area contributed by atoms with E-state index in [-0.39, 0.29) is 17.5 Å². The van der Waals surface area contributed by atoms with Gasteiger partial charge in [0.25, 0.3) is 5.91 Å². The topological polar surface area (TPSA) is 66.9 Å². The molecule has 3 rings (SSSR count). The Kier molecular flexibility index (Phi) is 3.14. The summed E-state index contributed by atoms with van der Waals surface area (Å²) in [4.78, 5) is 20.8. The molecule has 5 heteroatoms. The Labute approximate surface area is 117 Å². The standard InChI is InChI=1S/C15H18N4O/c1-15(2)13(5-8-18-15)19-14(20)10-3-7-17-12-4-6-16-9-11(10)12/h3-4,6-7,9,13,18H,5,8H2,1-2H3,(H,19,20). The van der Waals surface area contributed by atoms with Gasteiger partial charge in [0, 0.05) is 35.6 Å². The van der Waals surface area contributed by atoms with Crippen LogP contribution in [0.3, 0.4) is 0 Å². The van der Waals surface area contributed by atoms with Crippen LogP contribution < -0.4 is 10.6 Å². The van der Waals surface area contributed by atoms with Gasteiger partial charge in [-0.25, -0.2) is 0 Å². The van der Waals surface area contributed by atoms with Crippen molar-refractivity contribution in [1.29, 1.82) is 0 Å². The summed E-state index contributed by atoms with van der Waals surface area (Å²) in [5, 5.41) is 7.31. The van der Waals surface area contributed by atoms with Crippen LogP contribution >= 0.6 is 0 Å². The molecule has 1 unspecified atom stereocenters. The summed E-state index contributed by atoms with van der Waals surface area (Å²) in [6, 6.07) is 3.69. The van der Waals surface area contributed by atoms with Crippen LogP contribution in [0.2, 0.25) is 0 Å². The average molecular weight is 270 g/mol. The van der Waals surface area contributed by atoms with Crippen LogP contribution in [0.25, 0.3) is 10.9 Å². The van der Waals surface area contributed by atoms with Crippen molar-refractivity contribution in [1.82, 2.24) is 20.6 Å². The maximum Gasteiger partial charge on any atom is 0.252 e. The summed E-state index contributed by atoms with van der Waals surface area (Å²) in [5.41, 5.74) is 1.35. The normalized spacial score (nSPS) is 21.0. The molecule has 1 atom stereocenters. The summed E-state index contributed by atoms with van der Waals surface area (Å²) < 4.78 is 0. The van der Waals surface area contributed by atoms with Crippen molar-refractivity contribution in [3.63, 3.8) is 0 Å². The lowest BCUT2D eigenvalue weighted by Crippen LogP contribution is -2.50. The van der Waals surface area contributed by atoms with Crippen molar-refractivity contribution in [3.05, 3.63) is 36.3 Å². The van der Waals surface area contributed by atoms with Gasteiger partial charge in [-0.15, -0.1) is 0 Å². The van der Waals surface area contributed by atoms with Gasteiger partial charge in [-0.3, -0.25) is 14.8 Å². The molecule has 0 spiro atoms. The lowest BCUT2D eigenvalue weighted by atomic mass is 9.96. The quantitative estimate of drug-likeness (QED) is 0.868. The first-order chi connectivity index (χ1) is 9.58. The maximum absolute atomic E-state index is 12.5. The van der Waals surface area contributed by atoms with Crippen LogP contribution in [0.4, 0.5) is 0 Å². The summed E-state index contributed by atoms with van der Waals surface area (Å²) in [7, 11) is 0. The molecule has 0 aromatic carbocycles. The van der Waals surface area contributed by atoms with Crippen LogP contribution in [0.1, 0.15) is 30.6 Å². The Morgan fingerprint density at radius 2 is 2.25 bits per heavy atom. The molecule has 1 saturated heterocycles. The van der Waals surface area contributed by atoms with Gasteiger partial charge in [0.2, 0.25) is 0 Å². The van der Waals surface area contributed by atoms with Gasteiger partial charge in [0.05, 0.1) is 11.1 Å². The zero-order valence-corrected chi connectivity index (χ0v) is 11.7. The van der Waals surface area contributed by atoms with Gasteiger partial charge in [-0.2, -0.15) is 0 Å². The van der Waals surface area contributed by atoms with Gasteiger partial charge in [0.15, 0.2) is 0 Å². The van der Waals surface area contributed by atoms with Crippen molar-refractivity contribution >= 4 is 16.8 Å². The Morgan fingerprint density at radius 3 is 3.00 bits per heavy atom. The van der Waals surface area contributed by atoms with E-state index in [1.807, 2.05) is 6.07 Å². The Bertz CT molecular complexity index is 648. The first-order valence-electron chi connectivity index (χ1n) is 6.82. The minimum atomic E-state index is -0.0727. The predicted molar refractivity (Wildman–Crippen MR) is 77.5 cm³/mol. The molecule has 2 aromatic rings. The van der Waals surface area contributed by atoms with Crippen LogP contribution in [0, 0.1) is 0 Å². The van der Waals surface area contributed by atoms with E-state index < -0.39 is 0 Å². The SMILES string of the molecule is CC1(C)NCCC1NC(=O)c1ccnc2ccncc12. The molecule has 1 aliphatic rings. The summed E-state index contributed by atoms with van der Waals surface area (Å²) in [6.45, 7) is 5.14. The van der Waals surface area contributed by atoms with Gasteiger partial charge in [0.1, 0.15) is 0 Å². The number of aromatic nitrogens is 2. The molecule has 1 fully saturated rings. The van der Waals surface area contributed by atoms with Crippen LogP contribution in [-0.4, -0.2) is 34.0 Å². The molecule has 2 N–H and O–H groups in total. The molecule has 3 heterocycles. The van der Waals surface area contributed by atoms with E-state index in [0.29, 0.717) is 5.56 Å². The molecular formula is C15H18N4O. The first-order valence-corrected chi connectivity index (χ1v) is 6.82. The van der Waals surface area contributed by atoms with Crippen molar-refractivity contribution in [2.24, 2.45) is 0 Å². The fraction of sp³-hybridized carbons (Fsp3) is 0.400. The number of carbonyl (C=O) groups excluding carboxylic acids is 1. The molecule has 2 aromatic heterocycles. The zero-order valence-electron chi connectivity index (χ0n) is 11.7. The molecule has 0 bridgehead atoms. The molecule has 0 aliphatic carbocycles. The van der Waals surface area contributed by atoms with Crippen LogP contribution in [-0.2, 0) is 0 Å². The van der Waals surface area contributed by atoms with E-state index in [1.54, 1.807) is 24.7 Å². The number of hydrogen-bond donors (Lipinski definition) is 2. The molecule has 0 saturated carbocycles. The van der Waals surface area contributed by atoms with E-state index in [4.69, 9.17) is 0 Å². The third-order valence-corrected chi connectivity index (χ3v) is 3.98. The van der Waals surface area contributed by atoms with Crippen molar-refractivity contribution in [3.8, 4) is 0 Å². The number of nitrogens with zero attached hydrogens (tertiary/aromatic N) is 2. The predicted octanol–water partition coefficient (Wildman–Crippen LogP) is 1.50. The fourth-order valence-corrected chi connectivity index (χ4v) is 2.70. The minimum Gasteiger partial charge on any atom is -0.347 e. The zero-order chi connectivity index (χ0) is 14.2. The van der Waals surface area contributed by atoms with E-state index >= 15 is 0 Å². The smallest absolute Gasteiger partial charge is 0.252 e. The second-order valence-electron chi connectivity index (χ2n) is 5.71. The Hall–Kier alpha value is -2.01. The number of carbonyl (C=O) groups is 1. The number of hydrogen-bond acceptors (Lipinski definition) is 4. The molecule has 1 amide bonds. The third-order valence-electron chi connectivity index (χ3n) is 3.98. The van der Waals surface area contributed by atoms with Crippen molar-refractivity contribution in [2.45, 2.75) is 31.8 Å². The third kappa shape index (κ3) is 2.25. The highest BCUT2D eigenvalue weighted by Gasteiger charge is 2.35. The van der Waals surface area contributed by atoms with Crippen LogP contribution in [0.5, 0.6) is 0 Å². The second kappa shape index (κ2) is 4.83. The van der Waals surface area contributed by atoms with Gasteiger partial charge in [-0.1, -0.05) is 0 Å². The molecule has 1 aliphatic heterocycles. The van der Waals surface area contributed by atoms with Crippen LogP contribution in [0.15, 0.2) is 30.7 Å². The van der Waals surface area contributed by atoms with E-state index in [1.165, 1.54) is 0 Å². The average Bonchev–Trinajstić information content (AvgIpc) is 2.77. The summed E-state index contributed by atoms with van der Waals surface area (Å²) in [5.74, 6) is -0.0628. The lowest BCUT2D eigenvalue weighted by molar-refractivity contribution is 0.0925. The van der Waals surface area contributed by atoms with E-state index in [2.05, 4.69) is 34.4 Å². The summed E-state index contributed by atoms with van der Waals surface area (Å²) in [6.07, 6.45) is 5.98. The van der Waals surface area contributed by atoms with Gasteiger partial charge < -0.3 is 10.6 Å². The molecule has 104 valence electrons. The molecule has 5 nitrogen and oxygen atoms in total. The maximum atomic E-state index is 12.5. The van der Waals surface area contributed by atoms with E-state index in [0.717, 1.165) is 23.9 Å². The molecule has 20 heavy (non-hydrogen) atoms. The van der Waals surface area contributed by atoms with Crippen molar-refractivity contribution < 1.29 is 4.79 Å². The Morgan fingerprint density at radius 1 is 1.40 bits per heavy atom. The van der Waals surface area contributed by atoms with Crippen molar-refractivity contribution in [2.75, 3.05) is 6.54 Å². The highest BCUT2D eigenvalue weighted by Crippen LogP contribution is 2.20. The highest BCUT2D eigenvalue weighted by atomic mass is 16.1. The van der Waals surface area contributed by atoms with Gasteiger partial charge >= 0.3 is 0 Å². The highest BCUT2D eigenvalue weighted by molar-refractivity contribution is 6.05. The van der Waals surface area contributed by atoms with Gasteiger partial charge in [-0.05, 0) is 38.9 Å². The number of amides is 1. The number of nitrogens with one attached hydrogen (secondary N) is 2. The first kappa shape index (κ1) is 13.0. The fourth-order valence-electron chi connectivity index (χ4n) is 2.70. The molecular weight excluding hydrogens is 252 g/mol. The number of pyridine rings is 2. The lowest BCUT2D eigenvalue weighted by Gasteiger charge is -2.28. The monoisotopic (exact) mass is 270 g/mol. The number of rotatable bonds is 2. The second-order valence-corrected chi connectivity index (χ2v) is 5.71.